The summed E-state index contributed by atoms with van der Waals surface area (Å²) in [5.74, 6) is 0.769. The minimum atomic E-state index is -0.579. The molecule has 0 saturated heterocycles. The molecule has 0 bridgehead atoms. The summed E-state index contributed by atoms with van der Waals surface area (Å²) in [6, 6.07) is 0. The van der Waals surface area contributed by atoms with Crippen LogP contribution >= 0.6 is 0 Å². The number of rotatable bonds is 7. The SMILES string of the molecule is CCCCCC(C)(CC)Cc1oc(=O)oc1C. The summed E-state index contributed by atoms with van der Waals surface area (Å²) in [4.78, 5) is 11.0. The summed E-state index contributed by atoms with van der Waals surface area (Å²) in [5, 5.41) is 0. The molecule has 1 aromatic rings. The average Bonchev–Trinajstić information content (AvgIpc) is 2.58. The largest absolute Gasteiger partial charge is 0.519 e. The van der Waals surface area contributed by atoms with Crippen LogP contribution in [0.2, 0.25) is 0 Å². The Kier molecular flexibility index (Phi) is 5.03. The molecule has 3 heteroatoms. The monoisotopic (exact) mass is 240 g/mol. The Hall–Kier alpha value is -0.990. The van der Waals surface area contributed by atoms with E-state index in [-0.39, 0.29) is 5.41 Å². The molecule has 3 nitrogen and oxygen atoms in total. The van der Waals surface area contributed by atoms with E-state index in [2.05, 4.69) is 20.8 Å². The van der Waals surface area contributed by atoms with Crippen molar-refractivity contribution in [3.05, 3.63) is 22.1 Å². The summed E-state index contributed by atoms with van der Waals surface area (Å²) in [5.41, 5.74) is 0.208. The van der Waals surface area contributed by atoms with Crippen LogP contribution in [0, 0.1) is 12.3 Å². The van der Waals surface area contributed by atoms with E-state index < -0.39 is 5.82 Å². The second-order valence-electron chi connectivity index (χ2n) is 5.23. The Labute approximate surface area is 103 Å². The summed E-state index contributed by atoms with van der Waals surface area (Å²) in [6.45, 7) is 8.46. The number of aryl methyl sites for hydroxylation is 1. The molecule has 0 N–H and O–H groups in total. The highest BCUT2D eigenvalue weighted by atomic mass is 16.6. The molecule has 0 spiro atoms. The van der Waals surface area contributed by atoms with Crippen molar-refractivity contribution in [2.75, 3.05) is 0 Å². The second kappa shape index (κ2) is 6.08. The standard InChI is InChI=1S/C14H24O3/c1-5-7-8-9-14(4,6-2)10-12-11(3)16-13(15)17-12/h5-10H2,1-4H3. The van der Waals surface area contributed by atoms with E-state index in [1.165, 1.54) is 25.7 Å². The van der Waals surface area contributed by atoms with E-state index >= 15 is 0 Å². The highest BCUT2D eigenvalue weighted by Crippen LogP contribution is 2.33. The lowest BCUT2D eigenvalue weighted by Crippen LogP contribution is -2.18. The van der Waals surface area contributed by atoms with E-state index in [0.717, 1.165) is 18.6 Å². The lowest BCUT2D eigenvalue weighted by molar-refractivity contribution is 0.248. The fraction of sp³-hybridized carbons (Fsp3) is 0.786. The summed E-state index contributed by atoms with van der Waals surface area (Å²) in [6.07, 6.45) is 6.80. The summed E-state index contributed by atoms with van der Waals surface area (Å²) in [7, 11) is 0. The molecule has 1 heterocycles. The van der Waals surface area contributed by atoms with Gasteiger partial charge in [-0.25, -0.2) is 4.79 Å². The molecule has 0 amide bonds. The lowest BCUT2D eigenvalue weighted by atomic mass is 9.78. The molecular weight excluding hydrogens is 216 g/mol. The smallest absolute Gasteiger partial charge is 0.396 e. The summed E-state index contributed by atoms with van der Waals surface area (Å²) >= 11 is 0. The summed E-state index contributed by atoms with van der Waals surface area (Å²) < 4.78 is 10.0. The van der Waals surface area contributed by atoms with E-state index in [1.54, 1.807) is 6.92 Å². The quantitative estimate of drug-likeness (QED) is 0.674. The maximum atomic E-state index is 11.0. The van der Waals surface area contributed by atoms with Crippen molar-refractivity contribution >= 4 is 0 Å². The fourth-order valence-corrected chi connectivity index (χ4v) is 2.12. The molecule has 0 aliphatic heterocycles. The Morgan fingerprint density at radius 1 is 1.18 bits per heavy atom. The molecule has 1 unspecified atom stereocenters. The minimum absolute atomic E-state index is 0.208. The third-order valence-electron chi connectivity index (χ3n) is 3.66. The first-order chi connectivity index (χ1) is 8.00. The zero-order valence-electron chi connectivity index (χ0n) is 11.5. The van der Waals surface area contributed by atoms with Crippen molar-refractivity contribution < 1.29 is 8.83 Å². The van der Waals surface area contributed by atoms with Crippen molar-refractivity contribution in [2.24, 2.45) is 5.41 Å². The Bertz CT molecular complexity index is 388. The van der Waals surface area contributed by atoms with Crippen molar-refractivity contribution in [1.29, 1.82) is 0 Å². The first-order valence-electron chi connectivity index (χ1n) is 6.60. The van der Waals surface area contributed by atoms with E-state index in [4.69, 9.17) is 8.83 Å². The van der Waals surface area contributed by atoms with Gasteiger partial charge in [-0.3, -0.25) is 0 Å². The van der Waals surface area contributed by atoms with Gasteiger partial charge in [0.15, 0.2) is 0 Å². The molecule has 98 valence electrons. The predicted octanol–water partition coefficient (Wildman–Crippen LogP) is 4.08. The molecule has 0 radical (unpaired) electrons. The molecule has 1 atom stereocenters. The van der Waals surface area contributed by atoms with Gasteiger partial charge in [-0.05, 0) is 18.8 Å². The Morgan fingerprint density at radius 2 is 1.88 bits per heavy atom. The van der Waals surface area contributed by atoms with Crippen LogP contribution in [0.4, 0.5) is 0 Å². The topological polar surface area (TPSA) is 43.4 Å². The maximum absolute atomic E-state index is 11.0. The predicted molar refractivity (Wildman–Crippen MR) is 68.2 cm³/mol. The molecule has 0 aliphatic carbocycles. The molecule has 17 heavy (non-hydrogen) atoms. The van der Waals surface area contributed by atoms with E-state index in [0.29, 0.717) is 5.76 Å². The van der Waals surface area contributed by atoms with Gasteiger partial charge in [-0.1, -0.05) is 46.5 Å². The molecule has 1 aromatic heterocycles. The molecular formula is C14H24O3. The van der Waals surface area contributed by atoms with Crippen molar-refractivity contribution in [2.45, 2.75) is 66.2 Å². The third kappa shape index (κ3) is 4.06. The molecule has 1 rings (SSSR count). The molecule has 0 fully saturated rings. The van der Waals surface area contributed by atoms with Crippen LogP contribution in [0.5, 0.6) is 0 Å². The van der Waals surface area contributed by atoms with Crippen LogP contribution in [0.1, 0.15) is 64.4 Å². The van der Waals surface area contributed by atoms with E-state index in [1.807, 2.05) is 0 Å². The Morgan fingerprint density at radius 3 is 2.35 bits per heavy atom. The highest BCUT2D eigenvalue weighted by Gasteiger charge is 2.25. The zero-order valence-corrected chi connectivity index (χ0v) is 11.5. The van der Waals surface area contributed by atoms with Gasteiger partial charge < -0.3 is 8.83 Å². The van der Waals surface area contributed by atoms with Crippen molar-refractivity contribution in [1.82, 2.24) is 0 Å². The molecule has 0 aliphatic rings. The van der Waals surface area contributed by atoms with Gasteiger partial charge in [-0.2, -0.15) is 0 Å². The van der Waals surface area contributed by atoms with Crippen LogP contribution in [-0.4, -0.2) is 0 Å². The average molecular weight is 240 g/mol. The minimum Gasteiger partial charge on any atom is -0.396 e. The van der Waals surface area contributed by atoms with Crippen molar-refractivity contribution in [3.8, 4) is 0 Å². The van der Waals surface area contributed by atoms with Gasteiger partial charge in [0.1, 0.15) is 11.5 Å². The van der Waals surface area contributed by atoms with Crippen LogP contribution in [0.25, 0.3) is 0 Å². The van der Waals surface area contributed by atoms with Gasteiger partial charge in [0, 0.05) is 6.42 Å². The number of unbranched alkanes of at least 4 members (excludes halogenated alkanes) is 2. The highest BCUT2D eigenvalue weighted by molar-refractivity contribution is 5.03. The first kappa shape index (κ1) is 14.1. The maximum Gasteiger partial charge on any atom is 0.519 e. The molecule has 0 aromatic carbocycles. The van der Waals surface area contributed by atoms with E-state index in [9.17, 15) is 4.79 Å². The number of hydrogen-bond donors (Lipinski definition) is 0. The van der Waals surface area contributed by atoms with Crippen molar-refractivity contribution in [3.63, 3.8) is 0 Å². The van der Waals surface area contributed by atoms with Crippen LogP contribution in [-0.2, 0) is 6.42 Å². The third-order valence-corrected chi connectivity index (χ3v) is 3.66. The fourth-order valence-electron chi connectivity index (χ4n) is 2.12. The van der Waals surface area contributed by atoms with Gasteiger partial charge in [0.25, 0.3) is 0 Å². The van der Waals surface area contributed by atoms with Gasteiger partial charge in [-0.15, -0.1) is 0 Å². The van der Waals surface area contributed by atoms with Crippen LogP contribution < -0.4 is 5.82 Å². The van der Waals surface area contributed by atoms with Gasteiger partial charge in [0.05, 0.1) is 0 Å². The lowest BCUT2D eigenvalue weighted by Gasteiger charge is -2.27. The Balaban J connectivity index is 2.67. The van der Waals surface area contributed by atoms with Gasteiger partial charge >= 0.3 is 5.82 Å². The first-order valence-corrected chi connectivity index (χ1v) is 6.60. The zero-order chi connectivity index (χ0) is 12.9. The number of hydrogen-bond acceptors (Lipinski definition) is 3. The second-order valence-corrected chi connectivity index (χ2v) is 5.23. The van der Waals surface area contributed by atoms with Crippen LogP contribution in [0.3, 0.4) is 0 Å². The molecule has 0 saturated carbocycles. The van der Waals surface area contributed by atoms with Crippen LogP contribution in [0.15, 0.2) is 13.6 Å². The van der Waals surface area contributed by atoms with Gasteiger partial charge in [0.2, 0.25) is 0 Å². The normalized spacial score (nSPS) is 14.8.